The highest BCUT2D eigenvalue weighted by Crippen LogP contribution is 2.06. The molecule has 0 radical (unpaired) electrons. The predicted octanol–water partition coefficient (Wildman–Crippen LogP) is 1.21. The van der Waals surface area contributed by atoms with Gasteiger partial charge in [-0.05, 0) is 32.2 Å². The maximum Gasteiger partial charge on any atom is 0.271 e. The highest BCUT2D eigenvalue weighted by molar-refractivity contribution is 5.92. The van der Waals surface area contributed by atoms with Crippen LogP contribution in [0.4, 0.5) is 0 Å². The fourth-order valence-electron chi connectivity index (χ4n) is 1.61. The zero-order valence-corrected chi connectivity index (χ0v) is 11.1. The third-order valence-electron chi connectivity index (χ3n) is 2.90. The van der Waals surface area contributed by atoms with Gasteiger partial charge in [0.15, 0.2) is 5.69 Å². The Balaban J connectivity index is 2.03. The zero-order valence-electron chi connectivity index (χ0n) is 11.1. The molecular formula is C14H18N4O. The highest BCUT2D eigenvalue weighted by atomic mass is 16.1. The molecule has 1 atom stereocenters. The quantitative estimate of drug-likeness (QED) is 0.847. The molecule has 2 aromatic rings. The third kappa shape index (κ3) is 3.42. The van der Waals surface area contributed by atoms with Gasteiger partial charge in [-0.25, -0.2) is 4.68 Å². The molecule has 100 valence electrons. The van der Waals surface area contributed by atoms with Crippen LogP contribution in [-0.2, 0) is 0 Å². The van der Waals surface area contributed by atoms with E-state index in [0.717, 1.165) is 5.69 Å². The van der Waals surface area contributed by atoms with Gasteiger partial charge in [-0.2, -0.15) is 5.10 Å². The number of hydrogen-bond acceptors (Lipinski definition) is 3. The van der Waals surface area contributed by atoms with E-state index in [4.69, 9.17) is 0 Å². The van der Waals surface area contributed by atoms with Gasteiger partial charge in [-0.3, -0.25) is 4.79 Å². The standard InChI is InChI=1S/C14H18N4O/c1-11(15-2)10-16-14(19)13-8-9-18(17-13)12-6-4-3-5-7-12/h3-9,11,15H,10H2,1-2H3,(H,16,19). The first-order chi connectivity index (χ1) is 9.20. The summed E-state index contributed by atoms with van der Waals surface area (Å²) >= 11 is 0. The summed E-state index contributed by atoms with van der Waals surface area (Å²) in [7, 11) is 1.86. The second kappa shape index (κ2) is 6.15. The molecule has 1 aromatic carbocycles. The first kappa shape index (κ1) is 13.3. The van der Waals surface area contributed by atoms with E-state index in [0.29, 0.717) is 12.2 Å². The van der Waals surface area contributed by atoms with Crippen molar-refractivity contribution in [2.45, 2.75) is 13.0 Å². The molecule has 1 aromatic heterocycles. The summed E-state index contributed by atoms with van der Waals surface area (Å²) < 4.78 is 1.69. The molecule has 5 nitrogen and oxygen atoms in total. The maximum absolute atomic E-state index is 11.9. The second-order valence-electron chi connectivity index (χ2n) is 4.38. The van der Waals surface area contributed by atoms with Crippen LogP contribution >= 0.6 is 0 Å². The van der Waals surface area contributed by atoms with Crippen molar-refractivity contribution in [1.82, 2.24) is 20.4 Å². The summed E-state index contributed by atoms with van der Waals surface area (Å²) in [5.41, 5.74) is 1.36. The molecular weight excluding hydrogens is 240 g/mol. The Morgan fingerprint density at radius 3 is 2.74 bits per heavy atom. The smallest absolute Gasteiger partial charge is 0.271 e. The molecule has 1 amide bonds. The van der Waals surface area contributed by atoms with Gasteiger partial charge >= 0.3 is 0 Å². The van der Waals surface area contributed by atoms with Gasteiger partial charge in [-0.15, -0.1) is 0 Å². The number of benzene rings is 1. The minimum absolute atomic E-state index is 0.156. The van der Waals surface area contributed by atoms with Crippen LogP contribution in [-0.4, -0.2) is 35.3 Å². The van der Waals surface area contributed by atoms with E-state index in [2.05, 4.69) is 15.7 Å². The van der Waals surface area contributed by atoms with Gasteiger partial charge in [0.2, 0.25) is 0 Å². The molecule has 0 bridgehead atoms. The van der Waals surface area contributed by atoms with Crippen molar-refractivity contribution >= 4 is 5.91 Å². The minimum Gasteiger partial charge on any atom is -0.349 e. The minimum atomic E-state index is -0.156. The number of nitrogens with one attached hydrogen (secondary N) is 2. The first-order valence-corrected chi connectivity index (χ1v) is 6.27. The number of carbonyl (C=O) groups excluding carboxylic acids is 1. The van der Waals surface area contributed by atoms with E-state index < -0.39 is 0 Å². The van der Waals surface area contributed by atoms with Crippen molar-refractivity contribution < 1.29 is 4.79 Å². The average Bonchev–Trinajstić information content (AvgIpc) is 2.95. The maximum atomic E-state index is 11.9. The summed E-state index contributed by atoms with van der Waals surface area (Å²) in [6, 6.07) is 11.7. The van der Waals surface area contributed by atoms with Crippen molar-refractivity contribution in [3.8, 4) is 5.69 Å². The van der Waals surface area contributed by atoms with Crippen LogP contribution in [0.3, 0.4) is 0 Å². The van der Waals surface area contributed by atoms with Crippen LogP contribution in [0, 0.1) is 0 Å². The largest absolute Gasteiger partial charge is 0.349 e. The lowest BCUT2D eigenvalue weighted by atomic mass is 10.3. The van der Waals surface area contributed by atoms with Gasteiger partial charge < -0.3 is 10.6 Å². The Kier molecular flexibility index (Phi) is 4.30. The number of likely N-dealkylation sites (N-methyl/N-ethyl adjacent to an activating group) is 1. The fourth-order valence-corrected chi connectivity index (χ4v) is 1.61. The van der Waals surface area contributed by atoms with Crippen molar-refractivity contribution in [1.29, 1.82) is 0 Å². The SMILES string of the molecule is CNC(C)CNC(=O)c1ccn(-c2ccccc2)n1. The van der Waals surface area contributed by atoms with Gasteiger partial charge in [0.05, 0.1) is 5.69 Å². The fraction of sp³-hybridized carbons (Fsp3) is 0.286. The van der Waals surface area contributed by atoms with Gasteiger partial charge in [-0.1, -0.05) is 18.2 Å². The summed E-state index contributed by atoms with van der Waals surface area (Å²) in [5, 5.41) is 10.2. The molecule has 0 aliphatic heterocycles. The Morgan fingerprint density at radius 2 is 2.05 bits per heavy atom. The number of hydrogen-bond donors (Lipinski definition) is 2. The molecule has 0 saturated carbocycles. The van der Waals surface area contributed by atoms with Gasteiger partial charge in [0.1, 0.15) is 0 Å². The van der Waals surface area contributed by atoms with Crippen LogP contribution in [0.5, 0.6) is 0 Å². The van der Waals surface area contributed by atoms with Gasteiger partial charge in [0.25, 0.3) is 5.91 Å². The Morgan fingerprint density at radius 1 is 1.32 bits per heavy atom. The number of amides is 1. The van der Waals surface area contributed by atoms with Crippen molar-refractivity contribution in [3.63, 3.8) is 0 Å². The molecule has 0 fully saturated rings. The number of carbonyl (C=O) groups is 1. The van der Waals surface area contributed by atoms with Crippen molar-refractivity contribution in [2.75, 3.05) is 13.6 Å². The number of rotatable bonds is 5. The van der Waals surface area contributed by atoms with E-state index in [-0.39, 0.29) is 11.9 Å². The van der Waals surface area contributed by atoms with Gasteiger partial charge in [0, 0.05) is 18.8 Å². The van der Waals surface area contributed by atoms with Crippen LogP contribution < -0.4 is 10.6 Å². The van der Waals surface area contributed by atoms with Crippen LogP contribution in [0.1, 0.15) is 17.4 Å². The van der Waals surface area contributed by atoms with Crippen LogP contribution in [0.15, 0.2) is 42.6 Å². The molecule has 2 rings (SSSR count). The topological polar surface area (TPSA) is 58.9 Å². The van der Waals surface area contributed by atoms with E-state index in [1.54, 1.807) is 16.9 Å². The first-order valence-electron chi connectivity index (χ1n) is 6.27. The van der Waals surface area contributed by atoms with E-state index >= 15 is 0 Å². The van der Waals surface area contributed by atoms with Crippen LogP contribution in [0.2, 0.25) is 0 Å². The highest BCUT2D eigenvalue weighted by Gasteiger charge is 2.10. The Labute approximate surface area is 112 Å². The van der Waals surface area contributed by atoms with E-state index in [1.165, 1.54) is 0 Å². The lowest BCUT2D eigenvalue weighted by Crippen LogP contribution is -2.37. The molecule has 0 aliphatic carbocycles. The second-order valence-corrected chi connectivity index (χ2v) is 4.38. The zero-order chi connectivity index (χ0) is 13.7. The van der Waals surface area contributed by atoms with Crippen LogP contribution in [0.25, 0.3) is 5.69 Å². The lowest BCUT2D eigenvalue weighted by molar-refractivity contribution is 0.0945. The number of aromatic nitrogens is 2. The van der Waals surface area contributed by atoms with Crippen molar-refractivity contribution in [3.05, 3.63) is 48.3 Å². The molecule has 0 saturated heterocycles. The monoisotopic (exact) mass is 258 g/mol. The predicted molar refractivity (Wildman–Crippen MR) is 74.4 cm³/mol. The molecule has 2 N–H and O–H groups in total. The number of nitrogens with zero attached hydrogens (tertiary/aromatic N) is 2. The summed E-state index contributed by atoms with van der Waals surface area (Å²) in [5.74, 6) is -0.156. The molecule has 1 heterocycles. The van der Waals surface area contributed by atoms with E-state index in [1.807, 2.05) is 44.3 Å². The molecule has 1 unspecified atom stereocenters. The normalized spacial score (nSPS) is 12.1. The molecule has 5 heteroatoms. The van der Waals surface area contributed by atoms with E-state index in [9.17, 15) is 4.79 Å². The third-order valence-corrected chi connectivity index (χ3v) is 2.90. The average molecular weight is 258 g/mol. The Bertz CT molecular complexity index is 535. The summed E-state index contributed by atoms with van der Waals surface area (Å²) in [6.07, 6.45) is 1.78. The number of para-hydroxylation sites is 1. The molecule has 0 spiro atoms. The Hall–Kier alpha value is -2.14. The summed E-state index contributed by atoms with van der Waals surface area (Å²) in [4.78, 5) is 11.9. The van der Waals surface area contributed by atoms with Crippen molar-refractivity contribution in [2.24, 2.45) is 0 Å². The lowest BCUT2D eigenvalue weighted by Gasteiger charge is -2.10. The molecule has 0 aliphatic rings. The summed E-state index contributed by atoms with van der Waals surface area (Å²) in [6.45, 7) is 2.58. The molecule has 19 heavy (non-hydrogen) atoms.